The van der Waals surface area contributed by atoms with Crippen LogP contribution in [0.15, 0.2) is 36.7 Å². The van der Waals surface area contributed by atoms with Crippen LogP contribution in [0.25, 0.3) is 10.9 Å². The minimum absolute atomic E-state index is 0.0299. The molecule has 0 bridgehead atoms. The fraction of sp³-hybridized carbons (Fsp3) is 0.304. The van der Waals surface area contributed by atoms with Crippen molar-refractivity contribution in [1.82, 2.24) is 9.97 Å². The molecule has 0 radical (unpaired) electrons. The monoisotopic (exact) mass is 451 g/mol. The molecule has 4 rings (SSSR count). The van der Waals surface area contributed by atoms with Gasteiger partial charge in [-0.15, -0.1) is 0 Å². The molecule has 1 aliphatic rings. The minimum atomic E-state index is -2.41. The molecular formula is C23H25N5O3S. The Morgan fingerprint density at radius 3 is 2.75 bits per heavy atom. The zero-order chi connectivity index (χ0) is 22.7. The van der Waals surface area contributed by atoms with Gasteiger partial charge in [0, 0.05) is 45.9 Å². The number of aromatic nitrogens is 2. The summed E-state index contributed by atoms with van der Waals surface area (Å²) < 4.78 is 26.6. The molecule has 8 nitrogen and oxygen atoms in total. The highest BCUT2D eigenvalue weighted by atomic mass is 32.2. The van der Waals surface area contributed by atoms with E-state index in [1.165, 1.54) is 6.33 Å². The largest absolute Gasteiger partial charge is 0.488 e. The molecule has 1 atom stereocenters. The van der Waals surface area contributed by atoms with Gasteiger partial charge in [-0.25, -0.2) is 14.2 Å². The van der Waals surface area contributed by atoms with Crippen molar-refractivity contribution in [3.05, 3.63) is 47.8 Å². The van der Waals surface area contributed by atoms with Crippen LogP contribution < -0.4 is 14.8 Å². The van der Waals surface area contributed by atoms with Crippen LogP contribution in [-0.2, 0) is 14.4 Å². The van der Waals surface area contributed by atoms with E-state index in [9.17, 15) is 9.47 Å². The van der Waals surface area contributed by atoms with E-state index in [1.807, 2.05) is 25.1 Å². The topological polar surface area (TPSA) is 109 Å². The molecule has 1 unspecified atom stereocenters. The first kappa shape index (κ1) is 21.9. The van der Waals surface area contributed by atoms with E-state index >= 15 is 0 Å². The Labute approximate surface area is 187 Å². The minimum Gasteiger partial charge on any atom is -0.488 e. The number of ether oxygens (including phenoxy) is 2. The predicted molar refractivity (Wildman–Crippen MR) is 128 cm³/mol. The van der Waals surface area contributed by atoms with E-state index in [0.29, 0.717) is 47.2 Å². The molecule has 2 N–H and O–H groups in total. The third kappa shape index (κ3) is 5.10. The van der Waals surface area contributed by atoms with Crippen LogP contribution >= 0.6 is 0 Å². The number of rotatable bonds is 6. The average molecular weight is 452 g/mol. The number of fused-ring (bicyclic) bond motifs is 1. The van der Waals surface area contributed by atoms with Crippen molar-refractivity contribution in [1.29, 1.82) is 5.26 Å². The predicted octanol–water partition coefficient (Wildman–Crippen LogP) is 3.78. The van der Waals surface area contributed by atoms with Gasteiger partial charge >= 0.3 is 0 Å². The molecule has 0 aliphatic carbocycles. The molecule has 32 heavy (non-hydrogen) atoms. The Hall–Kier alpha value is -3.35. The van der Waals surface area contributed by atoms with Crippen LogP contribution in [0, 0.1) is 18.3 Å². The third-order valence-corrected chi connectivity index (χ3v) is 5.76. The lowest BCUT2D eigenvalue weighted by Crippen LogP contribution is -2.26. The maximum atomic E-state index is 12.1. The van der Waals surface area contributed by atoms with Gasteiger partial charge in [-0.05, 0) is 42.6 Å². The SMILES string of the molecule is C=S(C)(=O)Nc1cc(C)c2c(Nc3ccc(C#N)cc3OC3CCOCC3)ncnc2c1. The standard InChI is InChI=1S/C23H25N5O3S/c1-15-10-17(28-32(2,3)29)12-20-22(15)23(26-14-25-20)27-19-5-4-16(13-24)11-21(19)31-18-6-8-30-9-7-18/h4-5,10-12,14,18H,2,6-9H2,1,3H3,(H,28,29)(H,25,26,27). The summed E-state index contributed by atoms with van der Waals surface area (Å²) in [5, 5.41) is 13.5. The number of nitrogens with zero attached hydrogens (tertiary/aromatic N) is 3. The molecule has 0 spiro atoms. The number of nitrogens with one attached hydrogen (secondary N) is 2. The summed E-state index contributed by atoms with van der Waals surface area (Å²) in [4.78, 5) is 8.83. The van der Waals surface area contributed by atoms with Crippen LogP contribution in [0.1, 0.15) is 24.0 Å². The van der Waals surface area contributed by atoms with Gasteiger partial charge in [-0.1, -0.05) is 0 Å². The summed E-state index contributed by atoms with van der Waals surface area (Å²) in [6.45, 7) is 3.27. The number of anilines is 3. The van der Waals surface area contributed by atoms with Crippen LogP contribution in [0.5, 0.6) is 5.75 Å². The molecule has 0 saturated carbocycles. The molecule has 2 aromatic carbocycles. The molecular weight excluding hydrogens is 426 g/mol. The van der Waals surface area contributed by atoms with Gasteiger partial charge in [0.1, 0.15) is 24.0 Å². The van der Waals surface area contributed by atoms with E-state index in [2.05, 4.69) is 31.9 Å². The van der Waals surface area contributed by atoms with Gasteiger partial charge in [0.15, 0.2) is 0 Å². The number of hydrogen-bond acceptors (Lipinski definition) is 7. The van der Waals surface area contributed by atoms with E-state index in [0.717, 1.165) is 23.8 Å². The van der Waals surface area contributed by atoms with Crippen molar-refractivity contribution in [2.75, 3.05) is 29.5 Å². The van der Waals surface area contributed by atoms with Crippen LogP contribution in [0.3, 0.4) is 0 Å². The fourth-order valence-corrected chi connectivity index (χ4v) is 4.30. The van der Waals surface area contributed by atoms with Gasteiger partial charge < -0.3 is 19.5 Å². The molecule has 0 amide bonds. The quantitative estimate of drug-likeness (QED) is 0.549. The maximum absolute atomic E-state index is 12.1. The lowest BCUT2D eigenvalue weighted by atomic mass is 10.1. The molecule has 166 valence electrons. The normalized spacial score (nSPS) is 16.2. The summed E-state index contributed by atoms with van der Waals surface area (Å²) in [6, 6.07) is 11.2. The highest BCUT2D eigenvalue weighted by molar-refractivity contribution is 8.00. The van der Waals surface area contributed by atoms with E-state index in [4.69, 9.17) is 9.47 Å². The first-order valence-electron chi connectivity index (χ1n) is 10.2. The molecule has 1 fully saturated rings. The summed E-state index contributed by atoms with van der Waals surface area (Å²) in [7, 11) is -2.41. The molecule has 1 aliphatic heterocycles. The summed E-state index contributed by atoms with van der Waals surface area (Å²) in [5.74, 6) is 4.86. The second-order valence-electron chi connectivity index (χ2n) is 7.89. The molecule has 9 heteroatoms. The van der Waals surface area contributed by atoms with Crippen LogP contribution in [0.2, 0.25) is 0 Å². The van der Waals surface area contributed by atoms with Crippen molar-refractivity contribution < 1.29 is 13.7 Å². The van der Waals surface area contributed by atoms with Crippen molar-refractivity contribution in [3.63, 3.8) is 0 Å². The first-order valence-corrected chi connectivity index (χ1v) is 12.4. The second kappa shape index (κ2) is 9.02. The van der Waals surface area contributed by atoms with Crippen LogP contribution in [-0.4, -0.2) is 45.6 Å². The van der Waals surface area contributed by atoms with Gasteiger partial charge in [0.25, 0.3) is 0 Å². The molecule has 3 aromatic rings. The number of benzene rings is 2. The van der Waals surface area contributed by atoms with Gasteiger partial charge in [0.2, 0.25) is 0 Å². The Morgan fingerprint density at radius 1 is 1.25 bits per heavy atom. The Morgan fingerprint density at radius 2 is 2.03 bits per heavy atom. The Balaban J connectivity index is 1.70. The van der Waals surface area contributed by atoms with Crippen molar-refractivity contribution >= 4 is 43.7 Å². The summed E-state index contributed by atoms with van der Waals surface area (Å²) >= 11 is 0. The summed E-state index contributed by atoms with van der Waals surface area (Å²) in [5.41, 5.74) is 3.54. The fourth-order valence-electron chi connectivity index (χ4n) is 3.69. The van der Waals surface area contributed by atoms with Gasteiger partial charge in [0.05, 0.1) is 36.1 Å². The molecule has 1 saturated heterocycles. The van der Waals surface area contributed by atoms with Crippen LogP contribution in [0.4, 0.5) is 17.2 Å². The lowest BCUT2D eigenvalue weighted by molar-refractivity contribution is 0.0258. The van der Waals surface area contributed by atoms with E-state index < -0.39 is 9.71 Å². The highest BCUT2D eigenvalue weighted by Gasteiger charge is 2.18. The van der Waals surface area contributed by atoms with E-state index in [-0.39, 0.29) is 6.10 Å². The summed E-state index contributed by atoms with van der Waals surface area (Å²) in [6.07, 6.45) is 4.65. The second-order valence-corrected chi connectivity index (χ2v) is 10.1. The first-order chi connectivity index (χ1) is 15.3. The number of aryl methyl sites for hydroxylation is 1. The Kier molecular flexibility index (Phi) is 6.17. The third-order valence-electron chi connectivity index (χ3n) is 5.09. The molecule has 1 aromatic heterocycles. The number of nitriles is 1. The van der Waals surface area contributed by atoms with E-state index in [1.54, 1.807) is 18.4 Å². The smallest absolute Gasteiger partial charge is 0.144 e. The lowest BCUT2D eigenvalue weighted by Gasteiger charge is -2.25. The zero-order valence-electron chi connectivity index (χ0n) is 18.1. The maximum Gasteiger partial charge on any atom is 0.144 e. The van der Waals surface area contributed by atoms with Gasteiger partial charge in [-0.2, -0.15) is 5.26 Å². The molecule has 2 heterocycles. The Bertz CT molecular complexity index is 1290. The number of hydrogen-bond donors (Lipinski definition) is 2. The van der Waals surface area contributed by atoms with Crippen molar-refractivity contribution in [2.24, 2.45) is 0 Å². The average Bonchev–Trinajstić information content (AvgIpc) is 2.74. The van der Waals surface area contributed by atoms with Crippen molar-refractivity contribution in [3.8, 4) is 11.8 Å². The zero-order valence-corrected chi connectivity index (χ0v) is 18.9. The van der Waals surface area contributed by atoms with Gasteiger partial charge in [-0.3, -0.25) is 0 Å². The highest BCUT2D eigenvalue weighted by Crippen LogP contribution is 2.34. The van der Waals surface area contributed by atoms with Crippen molar-refractivity contribution in [2.45, 2.75) is 25.9 Å².